The molecule has 0 radical (unpaired) electrons. The average molecular weight is 550 g/mol. The molecule has 0 bridgehead atoms. The third-order valence-corrected chi connectivity index (χ3v) is 7.51. The lowest BCUT2D eigenvalue weighted by molar-refractivity contribution is 0.237. The number of hydrogen-bond acceptors (Lipinski definition) is 8. The number of ether oxygens (including phenoxy) is 1. The molecule has 1 fully saturated rings. The second-order valence-corrected chi connectivity index (χ2v) is 10.2. The number of benzene rings is 2. The van der Waals surface area contributed by atoms with Crippen molar-refractivity contribution in [1.82, 2.24) is 24.8 Å². The lowest BCUT2D eigenvalue weighted by atomic mass is 9.99. The number of imidazole rings is 1. The minimum Gasteiger partial charge on any atom is -0.508 e. The number of hydrogen-bond donors (Lipinski definition) is 3. The molecule has 7 rings (SSSR count). The van der Waals surface area contributed by atoms with Crippen LogP contribution in [0.15, 0.2) is 72.1 Å². The molecular formula is C31H28FN7O2. The van der Waals surface area contributed by atoms with E-state index < -0.39 is 5.82 Å². The van der Waals surface area contributed by atoms with Crippen molar-refractivity contribution >= 4 is 22.6 Å². The van der Waals surface area contributed by atoms with Gasteiger partial charge in [-0.15, -0.1) is 0 Å². The summed E-state index contributed by atoms with van der Waals surface area (Å²) in [5.41, 5.74) is 6.75. The van der Waals surface area contributed by atoms with E-state index in [9.17, 15) is 9.50 Å². The second kappa shape index (κ2) is 10.6. The Morgan fingerprint density at radius 3 is 2.73 bits per heavy atom. The molecule has 3 aromatic heterocycles. The zero-order valence-electron chi connectivity index (χ0n) is 22.3. The van der Waals surface area contributed by atoms with Gasteiger partial charge in [-0.25, -0.2) is 14.4 Å². The first-order valence-electron chi connectivity index (χ1n) is 13.7. The van der Waals surface area contributed by atoms with E-state index in [1.807, 2.05) is 18.3 Å². The van der Waals surface area contributed by atoms with Gasteiger partial charge in [-0.1, -0.05) is 6.07 Å². The summed E-state index contributed by atoms with van der Waals surface area (Å²) in [7, 11) is 0. The number of rotatable bonds is 7. The predicted molar refractivity (Wildman–Crippen MR) is 156 cm³/mol. The van der Waals surface area contributed by atoms with Crippen LogP contribution in [-0.4, -0.2) is 68.6 Å². The van der Waals surface area contributed by atoms with Crippen molar-refractivity contribution in [2.24, 2.45) is 4.99 Å². The number of nitrogens with zero attached hydrogens (tertiary/aromatic N) is 5. The Labute approximate surface area is 235 Å². The number of likely N-dealkylation sites (tertiary alicyclic amines) is 1. The van der Waals surface area contributed by atoms with E-state index in [4.69, 9.17) is 14.7 Å². The van der Waals surface area contributed by atoms with Gasteiger partial charge in [0.05, 0.1) is 11.7 Å². The number of aromatic hydroxyl groups is 1. The fourth-order valence-corrected chi connectivity index (χ4v) is 5.51. The Kier molecular flexibility index (Phi) is 6.52. The number of H-pyrrole nitrogens is 1. The molecule has 0 spiro atoms. The van der Waals surface area contributed by atoms with E-state index in [0.717, 1.165) is 53.8 Å². The van der Waals surface area contributed by atoms with Crippen molar-refractivity contribution in [3.63, 3.8) is 0 Å². The van der Waals surface area contributed by atoms with Crippen LogP contribution < -0.4 is 10.1 Å². The zero-order chi connectivity index (χ0) is 27.8. The SMILES string of the molecule is Oc1cc(F)cc(-c2ccnc3nc(C4=NCNc5ccc(-c6cncc(OCCN7CCCC7)c6)cc54)[nH]c23)c1. The van der Waals surface area contributed by atoms with Crippen LogP contribution in [0.2, 0.25) is 0 Å². The van der Waals surface area contributed by atoms with Gasteiger partial charge in [0.25, 0.3) is 0 Å². The predicted octanol–water partition coefficient (Wildman–Crippen LogP) is 5.23. The number of aromatic nitrogens is 4. The van der Waals surface area contributed by atoms with Crippen molar-refractivity contribution in [3.8, 4) is 33.8 Å². The van der Waals surface area contributed by atoms with E-state index in [0.29, 0.717) is 47.1 Å². The summed E-state index contributed by atoms with van der Waals surface area (Å²) >= 11 is 0. The number of pyridine rings is 2. The molecule has 9 nitrogen and oxygen atoms in total. The molecule has 2 aliphatic rings. The summed E-state index contributed by atoms with van der Waals surface area (Å²) in [6.07, 6.45) is 7.72. The molecule has 0 atom stereocenters. The number of phenols is 1. The van der Waals surface area contributed by atoms with Crippen LogP contribution in [0.25, 0.3) is 33.4 Å². The lowest BCUT2D eigenvalue weighted by Gasteiger charge is -2.19. The summed E-state index contributed by atoms with van der Waals surface area (Å²) in [4.78, 5) is 24.1. The summed E-state index contributed by atoms with van der Waals surface area (Å²) < 4.78 is 20.1. The van der Waals surface area contributed by atoms with E-state index >= 15 is 0 Å². The van der Waals surface area contributed by atoms with E-state index in [2.05, 4.69) is 37.3 Å². The molecule has 206 valence electrons. The largest absolute Gasteiger partial charge is 0.508 e. The van der Waals surface area contributed by atoms with Gasteiger partial charge < -0.3 is 20.1 Å². The molecule has 41 heavy (non-hydrogen) atoms. The fraction of sp³-hybridized carbons (Fsp3) is 0.226. The number of phenolic OH excluding ortho intramolecular Hbond substituents is 1. The number of nitrogens with one attached hydrogen (secondary N) is 2. The Hall–Kier alpha value is -4.83. The zero-order valence-corrected chi connectivity index (χ0v) is 22.3. The molecule has 5 heterocycles. The number of halogens is 1. The Bertz CT molecular complexity index is 1760. The van der Waals surface area contributed by atoms with Crippen molar-refractivity contribution in [1.29, 1.82) is 0 Å². The van der Waals surface area contributed by atoms with Gasteiger partial charge in [0, 0.05) is 47.4 Å². The Morgan fingerprint density at radius 1 is 0.951 bits per heavy atom. The molecule has 0 amide bonds. The number of aliphatic imine (C=N–C) groups is 1. The topological polar surface area (TPSA) is 112 Å². The maximum atomic E-state index is 14.1. The van der Waals surface area contributed by atoms with Crippen LogP contribution in [0, 0.1) is 5.82 Å². The fourth-order valence-electron chi connectivity index (χ4n) is 5.51. The first kappa shape index (κ1) is 25.2. The quantitative estimate of drug-likeness (QED) is 0.255. The second-order valence-electron chi connectivity index (χ2n) is 10.2. The Morgan fingerprint density at radius 2 is 1.85 bits per heavy atom. The minimum absolute atomic E-state index is 0.149. The first-order valence-corrected chi connectivity index (χ1v) is 13.7. The number of anilines is 1. The van der Waals surface area contributed by atoms with Gasteiger partial charge in [0.2, 0.25) is 0 Å². The smallest absolute Gasteiger partial charge is 0.178 e. The van der Waals surface area contributed by atoms with Gasteiger partial charge in [-0.3, -0.25) is 14.9 Å². The summed E-state index contributed by atoms with van der Waals surface area (Å²) in [5, 5.41) is 13.3. The minimum atomic E-state index is -0.524. The van der Waals surface area contributed by atoms with Crippen LogP contribution in [0.4, 0.5) is 10.1 Å². The standard InChI is InChI=1S/C31H28FN7O2/c32-22-11-20(12-23(40)15-22)25-5-6-34-30-29(25)37-31(38-30)28-26-14-19(3-4-27(26)35-18-36-28)21-13-24(17-33-16-21)41-10-9-39-7-1-2-8-39/h3-6,11-17,35,40H,1-2,7-10,18H2,(H,34,37,38). The third-order valence-electron chi connectivity index (χ3n) is 7.51. The molecule has 10 heteroatoms. The summed E-state index contributed by atoms with van der Waals surface area (Å²) in [6, 6.07) is 13.9. The normalized spacial score (nSPS) is 15.0. The molecule has 0 unspecified atom stereocenters. The van der Waals surface area contributed by atoms with Crippen molar-refractivity contribution in [2.45, 2.75) is 12.8 Å². The maximum absolute atomic E-state index is 14.1. The van der Waals surface area contributed by atoms with Gasteiger partial charge in [-0.05, 0) is 73.5 Å². The molecule has 2 aromatic carbocycles. The monoisotopic (exact) mass is 549 g/mol. The third kappa shape index (κ3) is 5.09. The number of fused-ring (bicyclic) bond motifs is 2. The van der Waals surface area contributed by atoms with Gasteiger partial charge in [0.1, 0.15) is 36.3 Å². The van der Waals surface area contributed by atoms with E-state index in [-0.39, 0.29) is 5.75 Å². The lowest BCUT2D eigenvalue weighted by Crippen LogP contribution is -2.25. The van der Waals surface area contributed by atoms with Crippen LogP contribution >= 0.6 is 0 Å². The molecule has 1 saturated heterocycles. The molecule has 0 saturated carbocycles. The van der Waals surface area contributed by atoms with Crippen LogP contribution in [-0.2, 0) is 0 Å². The van der Waals surface area contributed by atoms with Crippen LogP contribution in [0.3, 0.4) is 0 Å². The van der Waals surface area contributed by atoms with Gasteiger partial charge in [0.15, 0.2) is 11.5 Å². The summed E-state index contributed by atoms with van der Waals surface area (Å²) in [5.74, 6) is 0.622. The molecule has 3 N–H and O–H groups in total. The highest BCUT2D eigenvalue weighted by atomic mass is 19.1. The highest BCUT2D eigenvalue weighted by Gasteiger charge is 2.21. The average Bonchev–Trinajstić information content (AvgIpc) is 3.66. The van der Waals surface area contributed by atoms with E-state index in [1.165, 1.54) is 25.0 Å². The van der Waals surface area contributed by atoms with E-state index in [1.54, 1.807) is 18.5 Å². The highest BCUT2D eigenvalue weighted by molar-refractivity contribution is 6.16. The summed E-state index contributed by atoms with van der Waals surface area (Å²) in [6.45, 7) is 4.24. The van der Waals surface area contributed by atoms with Crippen molar-refractivity contribution < 1.29 is 14.2 Å². The number of aromatic amines is 1. The van der Waals surface area contributed by atoms with Gasteiger partial charge in [-0.2, -0.15) is 0 Å². The maximum Gasteiger partial charge on any atom is 0.178 e. The molecule has 2 aliphatic heterocycles. The molecule has 5 aromatic rings. The van der Waals surface area contributed by atoms with Crippen molar-refractivity contribution in [3.05, 3.63) is 84.3 Å². The van der Waals surface area contributed by atoms with Crippen LogP contribution in [0.1, 0.15) is 24.2 Å². The molecular weight excluding hydrogens is 521 g/mol. The Balaban J connectivity index is 1.19. The van der Waals surface area contributed by atoms with Crippen molar-refractivity contribution in [2.75, 3.05) is 38.2 Å². The molecule has 0 aliphatic carbocycles. The van der Waals surface area contributed by atoms with Gasteiger partial charge >= 0.3 is 0 Å². The highest BCUT2D eigenvalue weighted by Crippen LogP contribution is 2.33. The first-order chi connectivity index (χ1) is 20.1. The van der Waals surface area contributed by atoms with Crippen LogP contribution in [0.5, 0.6) is 11.5 Å².